The molecule has 2 aliphatic carbocycles. The lowest BCUT2D eigenvalue weighted by Crippen LogP contribution is -2.66. The smallest absolute Gasteiger partial charge is 0.161 e. The van der Waals surface area contributed by atoms with Crippen molar-refractivity contribution in [3.63, 3.8) is 0 Å². The molecule has 150 valence electrons. The Kier molecular flexibility index (Phi) is 4.87. The number of ether oxygens (including phenoxy) is 2. The number of fused-ring (bicyclic) bond motifs is 1. The molecule has 1 heterocycles. The van der Waals surface area contributed by atoms with Gasteiger partial charge in [-0.05, 0) is 63.7 Å². The minimum atomic E-state index is -0.593. The zero-order valence-corrected chi connectivity index (χ0v) is 16.7. The van der Waals surface area contributed by atoms with Crippen LogP contribution in [0, 0.1) is 5.92 Å². The van der Waals surface area contributed by atoms with Gasteiger partial charge in [0.25, 0.3) is 0 Å². The van der Waals surface area contributed by atoms with Crippen LogP contribution >= 0.6 is 0 Å². The number of benzene rings is 1. The first-order valence-corrected chi connectivity index (χ1v) is 9.97. The summed E-state index contributed by atoms with van der Waals surface area (Å²) in [5.74, 6) is 1.27. The fraction of sp³-hybridized carbons (Fsp3) is 0.714. The topological polar surface area (TPSA) is 74.2 Å². The van der Waals surface area contributed by atoms with Crippen LogP contribution in [0.5, 0.6) is 11.5 Å². The number of hydrogen-bond acceptors (Lipinski definition) is 6. The van der Waals surface area contributed by atoms with E-state index in [1.165, 1.54) is 5.56 Å². The van der Waals surface area contributed by atoms with Gasteiger partial charge in [-0.15, -0.1) is 0 Å². The lowest BCUT2D eigenvalue weighted by Gasteiger charge is -2.61. The van der Waals surface area contributed by atoms with Crippen LogP contribution in [-0.4, -0.2) is 67.3 Å². The van der Waals surface area contributed by atoms with Crippen molar-refractivity contribution in [2.75, 3.05) is 27.8 Å². The molecule has 1 aromatic rings. The van der Waals surface area contributed by atoms with Gasteiger partial charge < -0.3 is 24.6 Å². The Balaban J connectivity index is 1.85. The molecule has 2 fully saturated rings. The van der Waals surface area contributed by atoms with Crippen LogP contribution in [0.15, 0.2) is 12.1 Å². The summed E-state index contributed by atoms with van der Waals surface area (Å²) in [4.78, 5) is 2.47. The molecule has 3 N–H and O–H groups in total. The van der Waals surface area contributed by atoms with Gasteiger partial charge in [-0.2, -0.15) is 0 Å². The third kappa shape index (κ3) is 2.85. The molecule has 3 aliphatic rings. The van der Waals surface area contributed by atoms with E-state index in [9.17, 15) is 10.2 Å². The molecule has 1 saturated heterocycles. The summed E-state index contributed by atoms with van der Waals surface area (Å²) in [6.45, 7) is 2.76. The summed E-state index contributed by atoms with van der Waals surface area (Å²) in [6.07, 6.45) is 3.17. The molecule has 0 radical (unpaired) electrons. The number of likely N-dealkylation sites (N-methyl/N-ethyl adjacent to an activating group) is 1. The molecule has 0 amide bonds. The number of hydrogen-bond donors (Lipinski definition) is 3. The third-order valence-corrected chi connectivity index (χ3v) is 7.30. The first-order chi connectivity index (χ1) is 12.9. The average molecular weight is 376 g/mol. The van der Waals surface area contributed by atoms with Crippen molar-refractivity contribution in [1.82, 2.24) is 10.2 Å². The minimum absolute atomic E-state index is 0.0480. The standard InChI is InChI=1S/C21H32N2O4/c1-12(24)22-15-11-21-7-8-23(2)16(14(21)10-18(15)27-4)9-13-5-6-17(26-3)20(25)19(13)21/h5-6,12,14-16,18,22,24-25H,7-11H2,1-4H3/t12?,14-,15?,16+,18?,21-/m0/s1. The van der Waals surface area contributed by atoms with Crippen molar-refractivity contribution in [2.45, 2.75) is 62.4 Å². The van der Waals surface area contributed by atoms with Crippen LogP contribution < -0.4 is 10.1 Å². The lowest BCUT2D eigenvalue weighted by molar-refractivity contribution is -0.0776. The molecule has 4 rings (SSSR count). The molecule has 1 saturated carbocycles. The maximum Gasteiger partial charge on any atom is 0.161 e. The maximum absolute atomic E-state index is 11.1. The normalized spacial score (nSPS) is 36.6. The van der Waals surface area contributed by atoms with Crippen molar-refractivity contribution < 1.29 is 19.7 Å². The quantitative estimate of drug-likeness (QED) is 0.694. The molecule has 6 atom stereocenters. The van der Waals surface area contributed by atoms with Gasteiger partial charge >= 0.3 is 0 Å². The highest BCUT2D eigenvalue weighted by molar-refractivity contribution is 5.56. The van der Waals surface area contributed by atoms with Gasteiger partial charge in [0.05, 0.1) is 13.2 Å². The number of phenolic OH excluding ortho intramolecular Hbond substituents is 1. The van der Waals surface area contributed by atoms with Gasteiger partial charge in [0.2, 0.25) is 0 Å². The van der Waals surface area contributed by atoms with Gasteiger partial charge in [-0.1, -0.05) is 6.07 Å². The van der Waals surface area contributed by atoms with Gasteiger partial charge in [-0.3, -0.25) is 5.32 Å². The molecule has 27 heavy (non-hydrogen) atoms. The molecule has 0 spiro atoms. The van der Waals surface area contributed by atoms with E-state index in [1.807, 2.05) is 6.07 Å². The van der Waals surface area contributed by atoms with E-state index in [0.717, 1.165) is 37.8 Å². The summed E-state index contributed by atoms with van der Waals surface area (Å²) < 4.78 is 11.3. The van der Waals surface area contributed by atoms with Crippen molar-refractivity contribution in [1.29, 1.82) is 0 Å². The van der Waals surface area contributed by atoms with Crippen LogP contribution in [-0.2, 0) is 16.6 Å². The van der Waals surface area contributed by atoms with Crippen molar-refractivity contribution in [3.05, 3.63) is 23.3 Å². The molecular weight excluding hydrogens is 344 g/mol. The van der Waals surface area contributed by atoms with E-state index in [1.54, 1.807) is 21.1 Å². The number of piperidine rings is 1. The van der Waals surface area contributed by atoms with Crippen LogP contribution in [0.3, 0.4) is 0 Å². The maximum atomic E-state index is 11.1. The van der Waals surface area contributed by atoms with Gasteiger partial charge in [0.15, 0.2) is 11.5 Å². The summed E-state index contributed by atoms with van der Waals surface area (Å²) in [7, 11) is 5.58. The Morgan fingerprint density at radius 3 is 2.78 bits per heavy atom. The number of nitrogens with one attached hydrogen (secondary N) is 1. The number of aliphatic hydroxyl groups excluding tert-OH is 1. The Morgan fingerprint density at radius 1 is 1.33 bits per heavy atom. The first kappa shape index (κ1) is 19.0. The highest BCUT2D eigenvalue weighted by Gasteiger charge is 2.58. The number of aromatic hydroxyl groups is 1. The number of aliphatic hydroxyl groups is 1. The van der Waals surface area contributed by atoms with Crippen molar-refractivity contribution >= 4 is 0 Å². The van der Waals surface area contributed by atoms with E-state index in [4.69, 9.17) is 9.47 Å². The highest BCUT2D eigenvalue weighted by Crippen LogP contribution is 2.59. The molecule has 1 aliphatic heterocycles. The number of nitrogens with zero attached hydrogens (tertiary/aromatic N) is 1. The van der Waals surface area contributed by atoms with Crippen LogP contribution in [0.2, 0.25) is 0 Å². The predicted octanol–water partition coefficient (Wildman–Crippen LogP) is 1.62. The Bertz CT molecular complexity index is 710. The molecule has 3 unspecified atom stereocenters. The Morgan fingerprint density at radius 2 is 2.11 bits per heavy atom. The molecule has 2 bridgehead atoms. The van der Waals surface area contributed by atoms with E-state index in [2.05, 4.69) is 23.3 Å². The van der Waals surface area contributed by atoms with Gasteiger partial charge in [0, 0.05) is 30.2 Å². The summed E-state index contributed by atoms with van der Waals surface area (Å²) in [5, 5.41) is 24.4. The van der Waals surface area contributed by atoms with Crippen LogP contribution in [0.25, 0.3) is 0 Å². The van der Waals surface area contributed by atoms with E-state index >= 15 is 0 Å². The van der Waals surface area contributed by atoms with Crippen LogP contribution in [0.4, 0.5) is 0 Å². The number of rotatable bonds is 4. The second-order valence-electron chi connectivity index (χ2n) is 8.58. The largest absolute Gasteiger partial charge is 0.504 e. The number of likely N-dealkylation sites (tertiary alicyclic amines) is 1. The molecular formula is C21H32N2O4. The second kappa shape index (κ2) is 6.92. The third-order valence-electron chi connectivity index (χ3n) is 7.30. The predicted molar refractivity (Wildman–Crippen MR) is 103 cm³/mol. The Hall–Kier alpha value is -1.34. The fourth-order valence-electron chi connectivity index (χ4n) is 6.15. The van der Waals surface area contributed by atoms with Gasteiger partial charge in [0.1, 0.15) is 6.23 Å². The summed E-state index contributed by atoms with van der Waals surface area (Å²) in [5.41, 5.74) is 2.18. The lowest BCUT2D eigenvalue weighted by atomic mass is 9.51. The van der Waals surface area contributed by atoms with Gasteiger partial charge in [-0.25, -0.2) is 0 Å². The Labute approximate surface area is 161 Å². The van der Waals surface area contributed by atoms with Crippen molar-refractivity contribution in [3.8, 4) is 11.5 Å². The molecule has 6 nitrogen and oxygen atoms in total. The zero-order chi connectivity index (χ0) is 19.3. The van der Waals surface area contributed by atoms with Crippen molar-refractivity contribution in [2.24, 2.45) is 5.92 Å². The first-order valence-electron chi connectivity index (χ1n) is 9.97. The number of methoxy groups -OCH3 is 2. The summed E-state index contributed by atoms with van der Waals surface area (Å²) in [6, 6.07) is 4.50. The molecule has 1 aromatic carbocycles. The summed E-state index contributed by atoms with van der Waals surface area (Å²) >= 11 is 0. The monoisotopic (exact) mass is 376 g/mol. The number of phenols is 1. The molecule has 6 heteroatoms. The molecule has 0 aromatic heterocycles. The van der Waals surface area contributed by atoms with E-state index in [-0.39, 0.29) is 17.6 Å². The average Bonchev–Trinajstić information content (AvgIpc) is 2.63. The van der Waals surface area contributed by atoms with E-state index in [0.29, 0.717) is 23.5 Å². The zero-order valence-electron chi connectivity index (χ0n) is 16.7. The van der Waals surface area contributed by atoms with Crippen LogP contribution in [0.1, 0.15) is 37.3 Å². The second-order valence-corrected chi connectivity index (χ2v) is 8.58. The fourth-order valence-corrected chi connectivity index (χ4v) is 6.15. The minimum Gasteiger partial charge on any atom is -0.504 e. The SMILES string of the molecule is COc1ccc2c(c1O)[C@]13CCN(C)[C@H](C2)[C@@H]1CC(OC)C(NC(C)O)C3. The highest BCUT2D eigenvalue weighted by atomic mass is 16.5. The van der Waals surface area contributed by atoms with E-state index < -0.39 is 6.23 Å².